The van der Waals surface area contributed by atoms with Crippen molar-refractivity contribution in [2.45, 2.75) is 5.75 Å². The lowest BCUT2D eigenvalue weighted by atomic mass is 10.2. The molecule has 0 spiro atoms. The molecule has 1 aromatic heterocycles. The summed E-state index contributed by atoms with van der Waals surface area (Å²) in [6, 6.07) is 14.1. The predicted octanol–water partition coefficient (Wildman–Crippen LogP) is 2.36. The second kappa shape index (κ2) is 5.85. The molecule has 0 radical (unpaired) electrons. The van der Waals surface area contributed by atoms with E-state index in [2.05, 4.69) is 15.5 Å². The number of hydrogen-bond donors (Lipinski definition) is 2. The highest BCUT2D eigenvalue weighted by Crippen LogP contribution is 2.18. The summed E-state index contributed by atoms with van der Waals surface area (Å²) in [4.78, 5) is 12.4. The molecule has 2 N–H and O–H groups in total. The van der Waals surface area contributed by atoms with Gasteiger partial charge in [-0.25, -0.2) is 8.42 Å². The van der Waals surface area contributed by atoms with Crippen molar-refractivity contribution in [3.8, 4) is 0 Å². The molecule has 0 unspecified atom stereocenters. The third-order valence-corrected chi connectivity index (χ3v) is 4.16. The van der Waals surface area contributed by atoms with Crippen LogP contribution in [0.4, 0.5) is 5.69 Å². The number of aromatic amines is 1. The van der Waals surface area contributed by atoms with E-state index in [9.17, 15) is 13.2 Å². The summed E-state index contributed by atoms with van der Waals surface area (Å²) in [5.74, 6) is -0.416. The Kier molecular flexibility index (Phi) is 3.87. The first kappa shape index (κ1) is 15.2. The van der Waals surface area contributed by atoms with Gasteiger partial charge in [-0.15, -0.1) is 0 Å². The van der Waals surface area contributed by atoms with E-state index in [0.717, 1.165) is 10.9 Å². The molecule has 0 bridgehead atoms. The Morgan fingerprint density at radius 3 is 2.74 bits per heavy atom. The number of rotatable bonds is 4. The van der Waals surface area contributed by atoms with Crippen LogP contribution in [-0.4, -0.2) is 30.8 Å². The van der Waals surface area contributed by atoms with E-state index >= 15 is 0 Å². The lowest BCUT2D eigenvalue weighted by Gasteiger charge is -2.06. The van der Waals surface area contributed by atoms with Gasteiger partial charge in [-0.3, -0.25) is 9.89 Å². The van der Waals surface area contributed by atoms with E-state index in [-0.39, 0.29) is 11.7 Å². The molecule has 3 rings (SSSR count). The monoisotopic (exact) mass is 329 g/mol. The molecule has 6 nitrogen and oxygen atoms in total. The number of aromatic nitrogens is 2. The number of fused-ring (bicyclic) bond motifs is 1. The van der Waals surface area contributed by atoms with Gasteiger partial charge in [0.15, 0.2) is 15.5 Å². The fourth-order valence-electron chi connectivity index (χ4n) is 2.37. The molecular weight excluding hydrogens is 314 g/mol. The minimum atomic E-state index is -3.12. The first-order valence-electron chi connectivity index (χ1n) is 6.93. The zero-order valence-corrected chi connectivity index (χ0v) is 13.2. The molecule has 1 amide bonds. The molecule has 7 heteroatoms. The Hall–Kier alpha value is -2.67. The second-order valence-corrected chi connectivity index (χ2v) is 7.48. The summed E-state index contributed by atoms with van der Waals surface area (Å²) >= 11 is 0. The van der Waals surface area contributed by atoms with Crippen LogP contribution in [0.2, 0.25) is 0 Å². The van der Waals surface area contributed by atoms with Gasteiger partial charge in [-0.2, -0.15) is 5.10 Å². The SMILES string of the molecule is CS(=O)(=O)Cc1cccc(NC(=O)c2n[nH]c3ccccc23)c1. The summed E-state index contributed by atoms with van der Waals surface area (Å²) in [6.07, 6.45) is 1.17. The average Bonchev–Trinajstić information content (AvgIpc) is 2.89. The van der Waals surface area contributed by atoms with Gasteiger partial charge in [-0.1, -0.05) is 30.3 Å². The minimum absolute atomic E-state index is 0.0674. The number of anilines is 1. The zero-order valence-electron chi connectivity index (χ0n) is 12.4. The van der Waals surface area contributed by atoms with Gasteiger partial charge in [-0.05, 0) is 23.8 Å². The van der Waals surface area contributed by atoms with Gasteiger partial charge in [0, 0.05) is 17.3 Å². The summed E-state index contributed by atoms with van der Waals surface area (Å²) in [5.41, 5.74) is 2.23. The van der Waals surface area contributed by atoms with E-state index in [1.807, 2.05) is 24.3 Å². The highest BCUT2D eigenvalue weighted by Gasteiger charge is 2.14. The highest BCUT2D eigenvalue weighted by molar-refractivity contribution is 7.89. The fraction of sp³-hybridized carbons (Fsp3) is 0.125. The standard InChI is InChI=1S/C16H15N3O3S/c1-23(21,22)10-11-5-4-6-12(9-11)17-16(20)15-13-7-2-3-8-14(13)18-19-15/h2-9H,10H2,1H3,(H,17,20)(H,18,19). The van der Waals surface area contributed by atoms with Gasteiger partial charge in [0.1, 0.15) is 0 Å². The summed E-state index contributed by atoms with van der Waals surface area (Å²) in [6.45, 7) is 0. The number of amides is 1. The molecule has 3 aromatic rings. The fourth-order valence-corrected chi connectivity index (χ4v) is 3.15. The normalized spacial score (nSPS) is 11.5. The van der Waals surface area contributed by atoms with Gasteiger partial charge < -0.3 is 5.32 Å². The Labute approximate surface area is 133 Å². The molecular formula is C16H15N3O3S. The van der Waals surface area contributed by atoms with Crippen molar-refractivity contribution in [1.82, 2.24) is 10.2 Å². The number of hydrogen-bond acceptors (Lipinski definition) is 4. The topological polar surface area (TPSA) is 91.9 Å². The molecule has 0 atom stereocenters. The number of sulfone groups is 1. The molecule has 1 heterocycles. The van der Waals surface area contributed by atoms with Crippen molar-refractivity contribution < 1.29 is 13.2 Å². The van der Waals surface area contributed by atoms with E-state index in [0.29, 0.717) is 16.9 Å². The van der Waals surface area contributed by atoms with Gasteiger partial charge in [0.25, 0.3) is 5.91 Å². The van der Waals surface area contributed by atoms with Crippen molar-refractivity contribution in [2.75, 3.05) is 11.6 Å². The second-order valence-electron chi connectivity index (χ2n) is 5.34. The summed E-state index contributed by atoms with van der Waals surface area (Å²) in [5, 5.41) is 10.3. The zero-order chi connectivity index (χ0) is 16.4. The molecule has 0 aliphatic rings. The van der Waals surface area contributed by atoms with Crippen molar-refractivity contribution in [3.63, 3.8) is 0 Å². The van der Waals surface area contributed by atoms with Crippen LogP contribution in [0, 0.1) is 0 Å². The summed E-state index contributed by atoms with van der Waals surface area (Å²) in [7, 11) is -3.12. The smallest absolute Gasteiger partial charge is 0.276 e. The van der Waals surface area contributed by atoms with Gasteiger partial charge >= 0.3 is 0 Å². The Balaban J connectivity index is 1.84. The van der Waals surface area contributed by atoms with Gasteiger partial charge in [0.05, 0.1) is 11.3 Å². The van der Waals surface area contributed by atoms with E-state index < -0.39 is 9.84 Å². The van der Waals surface area contributed by atoms with Crippen molar-refractivity contribution in [2.24, 2.45) is 0 Å². The van der Waals surface area contributed by atoms with E-state index in [1.54, 1.807) is 24.3 Å². The molecule has 2 aromatic carbocycles. The number of nitrogens with one attached hydrogen (secondary N) is 2. The largest absolute Gasteiger partial charge is 0.321 e. The number of nitrogens with zero attached hydrogens (tertiary/aromatic N) is 1. The van der Waals surface area contributed by atoms with Crippen LogP contribution in [0.15, 0.2) is 48.5 Å². The number of para-hydroxylation sites is 1. The first-order valence-corrected chi connectivity index (χ1v) is 8.99. The third-order valence-electron chi connectivity index (χ3n) is 3.30. The third kappa shape index (κ3) is 3.57. The van der Waals surface area contributed by atoms with Crippen LogP contribution in [-0.2, 0) is 15.6 Å². The Bertz CT molecular complexity index is 977. The summed E-state index contributed by atoms with van der Waals surface area (Å²) < 4.78 is 22.7. The predicted molar refractivity (Wildman–Crippen MR) is 89.0 cm³/mol. The van der Waals surface area contributed by atoms with Crippen LogP contribution in [0.5, 0.6) is 0 Å². The van der Waals surface area contributed by atoms with Crippen molar-refractivity contribution >= 4 is 32.3 Å². The molecule has 0 aliphatic heterocycles. The molecule has 0 fully saturated rings. The number of benzene rings is 2. The first-order chi connectivity index (χ1) is 10.9. The Morgan fingerprint density at radius 1 is 1.17 bits per heavy atom. The minimum Gasteiger partial charge on any atom is -0.321 e. The molecule has 0 aliphatic carbocycles. The van der Waals surface area contributed by atoms with Crippen LogP contribution in [0.1, 0.15) is 16.1 Å². The van der Waals surface area contributed by atoms with Gasteiger partial charge in [0.2, 0.25) is 0 Å². The van der Waals surface area contributed by atoms with Crippen LogP contribution < -0.4 is 5.32 Å². The maximum atomic E-state index is 12.4. The average molecular weight is 329 g/mol. The quantitative estimate of drug-likeness (QED) is 0.768. The molecule has 0 saturated heterocycles. The number of carbonyl (C=O) groups excluding carboxylic acids is 1. The maximum absolute atomic E-state index is 12.4. The molecule has 118 valence electrons. The van der Waals surface area contributed by atoms with Crippen molar-refractivity contribution in [3.05, 3.63) is 59.8 Å². The lowest BCUT2D eigenvalue weighted by Crippen LogP contribution is -2.13. The molecule has 0 saturated carbocycles. The number of carbonyl (C=O) groups is 1. The number of H-pyrrole nitrogens is 1. The Morgan fingerprint density at radius 2 is 1.96 bits per heavy atom. The van der Waals surface area contributed by atoms with Crippen LogP contribution >= 0.6 is 0 Å². The van der Waals surface area contributed by atoms with Crippen LogP contribution in [0.3, 0.4) is 0 Å². The van der Waals surface area contributed by atoms with Crippen LogP contribution in [0.25, 0.3) is 10.9 Å². The van der Waals surface area contributed by atoms with E-state index in [4.69, 9.17) is 0 Å². The van der Waals surface area contributed by atoms with E-state index in [1.165, 1.54) is 6.26 Å². The maximum Gasteiger partial charge on any atom is 0.276 e. The highest BCUT2D eigenvalue weighted by atomic mass is 32.2. The molecule has 23 heavy (non-hydrogen) atoms. The van der Waals surface area contributed by atoms with Crippen molar-refractivity contribution in [1.29, 1.82) is 0 Å². The lowest BCUT2D eigenvalue weighted by molar-refractivity contribution is 0.102.